The summed E-state index contributed by atoms with van der Waals surface area (Å²) in [7, 11) is 0. The van der Waals surface area contributed by atoms with Crippen molar-refractivity contribution in [2.45, 2.75) is 25.8 Å². The SMILES string of the molecule is Cc1ccc([C@H](N)CCCN)o1.Cl. The fourth-order valence-corrected chi connectivity index (χ4v) is 1.13. The Bertz CT molecular complexity index is 237. The Labute approximate surface area is 84.9 Å². The molecule has 0 aliphatic heterocycles. The van der Waals surface area contributed by atoms with Crippen LogP contribution in [0.25, 0.3) is 0 Å². The Morgan fingerprint density at radius 1 is 1.46 bits per heavy atom. The molecule has 0 spiro atoms. The summed E-state index contributed by atoms with van der Waals surface area (Å²) < 4.78 is 5.38. The van der Waals surface area contributed by atoms with Gasteiger partial charge in [-0.15, -0.1) is 12.4 Å². The summed E-state index contributed by atoms with van der Waals surface area (Å²) in [4.78, 5) is 0. The summed E-state index contributed by atoms with van der Waals surface area (Å²) in [6.45, 7) is 2.60. The monoisotopic (exact) mass is 204 g/mol. The van der Waals surface area contributed by atoms with Crippen LogP contribution in [-0.4, -0.2) is 6.54 Å². The van der Waals surface area contributed by atoms with E-state index in [-0.39, 0.29) is 18.4 Å². The van der Waals surface area contributed by atoms with Crippen molar-refractivity contribution in [3.63, 3.8) is 0 Å². The zero-order valence-corrected chi connectivity index (χ0v) is 8.64. The second kappa shape index (κ2) is 6.02. The lowest BCUT2D eigenvalue weighted by Gasteiger charge is -2.06. The molecule has 0 aromatic carbocycles. The summed E-state index contributed by atoms with van der Waals surface area (Å²) >= 11 is 0. The Balaban J connectivity index is 0.00000144. The molecule has 0 saturated heterocycles. The van der Waals surface area contributed by atoms with Gasteiger partial charge in [0.1, 0.15) is 11.5 Å². The molecule has 3 nitrogen and oxygen atoms in total. The van der Waals surface area contributed by atoms with Gasteiger partial charge in [-0.1, -0.05) is 0 Å². The minimum absolute atomic E-state index is 0. The van der Waals surface area contributed by atoms with Gasteiger partial charge >= 0.3 is 0 Å². The third-order valence-electron chi connectivity index (χ3n) is 1.85. The van der Waals surface area contributed by atoms with Crippen LogP contribution in [0.3, 0.4) is 0 Å². The molecule has 0 bridgehead atoms. The van der Waals surface area contributed by atoms with E-state index in [1.807, 2.05) is 19.1 Å². The lowest BCUT2D eigenvalue weighted by molar-refractivity contribution is 0.430. The first kappa shape index (κ1) is 12.5. The van der Waals surface area contributed by atoms with Crippen molar-refractivity contribution in [3.05, 3.63) is 23.7 Å². The zero-order chi connectivity index (χ0) is 8.97. The molecule has 0 fully saturated rings. The first-order valence-corrected chi connectivity index (χ1v) is 4.26. The van der Waals surface area contributed by atoms with Crippen molar-refractivity contribution in [2.75, 3.05) is 6.54 Å². The van der Waals surface area contributed by atoms with E-state index in [2.05, 4.69) is 0 Å². The van der Waals surface area contributed by atoms with Crippen LogP contribution >= 0.6 is 12.4 Å². The second-order valence-electron chi connectivity index (χ2n) is 2.99. The molecule has 1 aromatic rings. The van der Waals surface area contributed by atoms with Gasteiger partial charge in [-0.05, 0) is 38.4 Å². The van der Waals surface area contributed by atoms with Gasteiger partial charge in [0.15, 0.2) is 0 Å². The van der Waals surface area contributed by atoms with Crippen LogP contribution < -0.4 is 11.5 Å². The molecule has 4 N–H and O–H groups in total. The molecule has 0 saturated carbocycles. The molecule has 0 radical (unpaired) electrons. The number of aryl methyl sites for hydroxylation is 1. The molecule has 13 heavy (non-hydrogen) atoms. The van der Waals surface area contributed by atoms with E-state index in [9.17, 15) is 0 Å². The highest BCUT2D eigenvalue weighted by Crippen LogP contribution is 2.17. The average Bonchev–Trinajstić information content (AvgIpc) is 2.47. The van der Waals surface area contributed by atoms with Gasteiger partial charge in [0.2, 0.25) is 0 Å². The first-order chi connectivity index (χ1) is 5.74. The summed E-state index contributed by atoms with van der Waals surface area (Å²) in [5, 5.41) is 0. The Morgan fingerprint density at radius 3 is 2.62 bits per heavy atom. The van der Waals surface area contributed by atoms with Crippen LogP contribution in [0.1, 0.15) is 30.4 Å². The number of halogens is 1. The fourth-order valence-electron chi connectivity index (χ4n) is 1.13. The highest BCUT2D eigenvalue weighted by molar-refractivity contribution is 5.85. The van der Waals surface area contributed by atoms with Gasteiger partial charge in [-0.25, -0.2) is 0 Å². The minimum Gasteiger partial charge on any atom is -0.465 e. The van der Waals surface area contributed by atoms with Crippen molar-refractivity contribution >= 4 is 12.4 Å². The zero-order valence-electron chi connectivity index (χ0n) is 7.82. The van der Waals surface area contributed by atoms with Crippen molar-refractivity contribution in [2.24, 2.45) is 11.5 Å². The smallest absolute Gasteiger partial charge is 0.120 e. The Morgan fingerprint density at radius 2 is 2.15 bits per heavy atom. The lowest BCUT2D eigenvalue weighted by Crippen LogP contribution is -2.11. The molecule has 0 aliphatic rings. The molecule has 0 amide bonds. The molecule has 1 atom stereocenters. The minimum atomic E-state index is 0. The van der Waals surface area contributed by atoms with Crippen LogP contribution in [-0.2, 0) is 0 Å². The fraction of sp³-hybridized carbons (Fsp3) is 0.556. The predicted molar refractivity (Wildman–Crippen MR) is 55.9 cm³/mol. The number of rotatable bonds is 4. The van der Waals surface area contributed by atoms with Crippen molar-refractivity contribution < 1.29 is 4.42 Å². The van der Waals surface area contributed by atoms with Crippen LogP contribution in [0, 0.1) is 6.92 Å². The van der Waals surface area contributed by atoms with Gasteiger partial charge in [0.05, 0.1) is 6.04 Å². The highest BCUT2D eigenvalue weighted by atomic mass is 35.5. The quantitative estimate of drug-likeness (QED) is 0.786. The predicted octanol–water partition coefficient (Wildman–Crippen LogP) is 1.75. The molecular weight excluding hydrogens is 188 g/mol. The van der Waals surface area contributed by atoms with E-state index in [1.165, 1.54) is 0 Å². The van der Waals surface area contributed by atoms with E-state index in [4.69, 9.17) is 15.9 Å². The topological polar surface area (TPSA) is 65.2 Å². The van der Waals surface area contributed by atoms with Gasteiger partial charge < -0.3 is 15.9 Å². The van der Waals surface area contributed by atoms with E-state index in [0.29, 0.717) is 6.54 Å². The summed E-state index contributed by atoms with van der Waals surface area (Å²) in [6, 6.07) is 3.86. The maximum atomic E-state index is 5.85. The van der Waals surface area contributed by atoms with E-state index in [0.717, 1.165) is 24.4 Å². The first-order valence-electron chi connectivity index (χ1n) is 4.26. The highest BCUT2D eigenvalue weighted by Gasteiger charge is 2.08. The Kier molecular flexibility index (Phi) is 5.79. The second-order valence-corrected chi connectivity index (χ2v) is 2.99. The van der Waals surface area contributed by atoms with Gasteiger partial charge in [-0.3, -0.25) is 0 Å². The maximum Gasteiger partial charge on any atom is 0.120 e. The van der Waals surface area contributed by atoms with E-state index >= 15 is 0 Å². The molecule has 1 aromatic heterocycles. The number of furan rings is 1. The van der Waals surface area contributed by atoms with E-state index in [1.54, 1.807) is 0 Å². The molecule has 4 heteroatoms. The standard InChI is InChI=1S/C9H16N2O.ClH/c1-7-4-5-9(12-7)8(11)3-2-6-10;/h4-5,8H,2-3,6,10-11H2,1H3;1H/t8-;/m1./s1. The number of nitrogens with two attached hydrogens (primary N) is 2. The van der Waals surface area contributed by atoms with Crippen molar-refractivity contribution in [1.29, 1.82) is 0 Å². The van der Waals surface area contributed by atoms with Crippen molar-refractivity contribution in [1.82, 2.24) is 0 Å². The maximum absolute atomic E-state index is 5.85. The van der Waals surface area contributed by atoms with Gasteiger partial charge in [-0.2, -0.15) is 0 Å². The molecule has 1 heterocycles. The third kappa shape index (κ3) is 3.81. The van der Waals surface area contributed by atoms with E-state index < -0.39 is 0 Å². The van der Waals surface area contributed by atoms with Crippen LogP contribution in [0.5, 0.6) is 0 Å². The molecule has 0 unspecified atom stereocenters. The third-order valence-corrected chi connectivity index (χ3v) is 1.85. The van der Waals surface area contributed by atoms with Crippen LogP contribution in [0.15, 0.2) is 16.5 Å². The normalized spacial score (nSPS) is 12.2. The van der Waals surface area contributed by atoms with Crippen molar-refractivity contribution in [3.8, 4) is 0 Å². The molecule has 1 rings (SSSR count). The molecule has 76 valence electrons. The Hall–Kier alpha value is -0.510. The summed E-state index contributed by atoms with van der Waals surface area (Å²) in [5.41, 5.74) is 11.2. The average molecular weight is 205 g/mol. The van der Waals surface area contributed by atoms with Crippen LogP contribution in [0.4, 0.5) is 0 Å². The molecular formula is C9H17ClN2O. The van der Waals surface area contributed by atoms with Crippen LogP contribution in [0.2, 0.25) is 0 Å². The number of hydrogen-bond acceptors (Lipinski definition) is 3. The summed E-state index contributed by atoms with van der Waals surface area (Å²) in [6.07, 6.45) is 1.84. The summed E-state index contributed by atoms with van der Waals surface area (Å²) in [5.74, 6) is 1.77. The molecule has 0 aliphatic carbocycles. The lowest BCUT2D eigenvalue weighted by atomic mass is 10.1. The number of hydrogen-bond donors (Lipinski definition) is 2. The largest absolute Gasteiger partial charge is 0.465 e. The van der Waals surface area contributed by atoms with Gasteiger partial charge in [0.25, 0.3) is 0 Å². The van der Waals surface area contributed by atoms with Gasteiger partial charge in [0, 0.05) is 0 Å².